The fourth-order valence-corrected chi connectivity index (χ4v) is 3.13. The Bertz CT molecular complexity index is 407. The van der Waals surface area contributed by atoms with Crippen molar-refractivity contribution in [3.8, 4) is 0 Å². The van der Waals surface area contributed by atoms with Crippen LogP contribution in [-0.2, 0) is 5.88 Å². The van der Waals surface area contributed by atoms with E-state index >= 15 is 0 Å². The van der Waals surface area contributed by atoms with Crippen molar-refractivity contribution in [1.82, 2.24) is 4.90 Å². The van der Waals surface area contributed by atoms with Crippen molar-refractivity contribution in [2.45, 2.75) is 24.8 Å². The standard InChI is InChI=1S/C14H20Cl2N2/c1-17(2)12-6-4-8-18(10-12)14-11(9-15)5-3-7-13(14)16/h3,5,7,12H,4,6,8-10H2,1-2H3. The SMILES string of the molecule is CN(C)C1CCCN(c2c(Cl)cccc2CCl)C1. The van der Waals surface area contributed by atoms with E-state index in [9.17, 15) is 0 Å². The van der Waals surface area contributed by atoms with Gasteiger partial charge < -0.3 is 9.80 Å². The summed E-state index contributed by atoms with van der Waals surface area (Å²) in [6.45, 7) is 2.10. The largest absolute Gasteiger partial charge is 0.369 e. The molecule has 0 saturated carbocycles. The van der Waals surface area contributed by atoms with Crippen LogP contribution in [0.5, 0.6) is 0 Å². The van der Waals surface area contributed by atoms with E-state index in [0.29, 0.717) is 11.9 Å². The van der Waals surface area contributed by atoms with E-state index in [4.69, 9.17) is 23.2 Å². The van der Waals surface area contributed by atoms with Gasteiger partial charge in [-0.1, -0.05) is 23.7 Å². The zero-order valence-corrected chi connectivity index (χ0v) is 12.5. The number of piperidine rings is 1. The first-order valence-electron chi connectivity index (χ1n) is 6.38. The summed E-state index contributed by atoms with van der Waals surface area (Å²) in [6.07, 6.45) is 2.46. The van der Waals surface area contributed by atoms with Gasteiger partial charge >= 0.3 is 0 Å². The lowest BCUT2D eigenvalue weighted by molar-refractivity contribution is 0.258. The first-order chi connectivity index (χ1) is 8.63. The molecule has 0 spiro atoms. The van der Waals surface area contributed by atoms with Crippen molar-refractivity contribution in [2.75, 3.05) is 32.1 Å². The van der Waals surface area contributed by atoms with Gasteiger partial charge in [0, 0.05) is 25.0 Å². The van der Waals surface area contributed by atoms with Crippen LogP contribution in [0.2, 0.25) is 5.02 Å². The number of anilines is 1. The molecule has 1 saturated heterocycles. The highest BCUT2D eigenvalue weighted by molar-refractivity contribution is 6.33. The third-order valence-corrected chi connectivity index (χ3v) is 4.25. The molecule has 0 N–H and O–H groups in total. The predicted octanol–water partition coefficient (Wildman–Crippen LogP) is 3.61. The van der Waals surface area contributed by atoms with Gasteiger partial charge in [0.2, 0.25) is 0 Å². The number of likely N-dealkylation sites (N-methyl/N-ethyl adjacent to an activating group) is 1. The molecule has 1 aromatic carbocycles. The molecule has 2 rings (SSSR count). The third kappa shape index (κ3) is 2.93. The van der Waals surface area contributed by atoms with Crippen LogP contribution >= 0.6 is 23.2 Å². The molecule has 1 aromatic rings. The Morgan fingerprint density at radius 2 is 2.17 bits per heavy atom. The van der Waals surface area contributed by atoms with Gasteiger partial charge in [0.05, 0.1) is 10.7 Å². The van der Waals surface area contributed by atoms with E-state index in [1.165, 1.54) is 12.8 Å². The molecule has 0 bridgehead atoms. The summed E-state index contributed by atoms with van der Waals surface area (Å²) >= 11 is 12.4. The molecule has 1 unspecified atom stereocenters. The van der Waals surface area contributed by atoms with E-state index in [-0.39, 0.29) is 0 Å². The number of hydrogen-bond donors (Lipinski definition) is 0. The molecule has 1 heterocycles. The summed E-state index contributed by atoms with van der Waals surface area (Å²) in [5, 5.41) is 0.813. The van der Waals surface area contributed by atoms with Crippen LogP contribution < -0.4 is 4.90 Å². The molecule has 1 fully saturated rings. The summed E-state index contributed by atoms with van der Waals surface area (Å²) in [5.74, 6) is 0.513. The van der Waals surface area contributed by atoms with Gasteiger partial charge in [-0.3, -0.25) is 0 Å². The molecule has 0 aromatic heterocycles. The summed E-state index contributed by atoms with van der Waals surface area (Å²) in [5.41, 5.74) is 2.25. The molecular weight excluding hydrogens is 267 g/mol. The first-order valence-corrected chi connectivity index (χ1v) is 7.29. The highest BCUT2D eigenvalue weighted by Crippen LogP contribution is 2.33. The van der Waals surface area contributed by atoms with Gasteiger partial charge in [-0.2, -0.15) is 0 Å². The van der Waals surface area contributed by atoms with Crippen molar-refractivity contribution >= 4 is 28.9 Å². The average Bonchev–Trinajstić information content (AvgIpc) is 2.38. The number of benzene rings is 1. The van der Waals surface area contributed by atoms with Crippen molar-refractivity contribution in [3.63, 3.8) is 0 Å². The Hall–Kier alpha value is -0.440. The monoisotopic (exact) mass is 286 g/mol. The minimum Gasteiger partial charge on any atom is -0.369 e. The minimum atomic E-state index is 0.513. The van der Waals surface area contributed by atoms with Gasteiger partial charge in [0.15, 0.2) is 0 Å². The highest BCUT2D eigenvalue weighted by atomic mass is 35.5. The van der Waals surface area contributed by atoms with E-state index in [1.54, 1.807) is 0 Å². The Morgan fingerprint density at radius 1 is 1.39 bits per heavy atom. The van der Waals surface area contributed by atoms with Crippen LogP contribution in [0.25, 0.3) is 0 Å². The summed E-state index contributed by atoms with van der Waals surface area (Å²) in [4.78, 5) is 4.68. The quantitative estimate of drug-likeness (QED) is 0.784. The molecule has 2 nitrogen and oxygen atoms in total. The van der Waals surface area contributed by atoms with Gasteiger partial charge in [-0.15, -0.1) is 11.6 Å². The minimum absolute atomic E-state index is 0.513. The lowest BCUT2D eigenvalue weighted by atomic mass is 10.0. The molecule has 1 aliphatic rings. The predicted molar refractivity (Wildman–Crippen MR) is 79.9 cm³/mol. The number of alkyl halides is 1. The van der Waals surface area contributed by atoms with Gasteiger partial charge in [0.1, 0.15) is 0 Å². The smallest absolute Gasteiger partial charge is 0.0642 e. The molecule has 1 atom stereocenters. The number of nitrogens with zero attached hydrogens (tertiary/aromatic N) is 2. The van der Waals surface area contributed by atoms with Crippen LogP contribution in [0.4, 0.5) is 5.69 Å². The van der Waals surface area contributed by atoms with Crippen molar-refractivity contribution in [3.05, 3.63) is 28.8 Å². The van der Waals surface area contributed by atoms with Gasteiger partial charge in [-0.25, -0.2) is 0 Å². The van der Waals surface area contributed by atoms with Crippen LogP contribution in [0.3, 0.4) is 0 Å². The maximum atomic E-state index is 6.35. The number of rotatable bonds is 3. The fraction of sp³-hybridized carbons (Fsp3) is 0.571. The molecule has 18 heavy (non-hydrogen) atoms. The molecule has 1 aliphatic heterocycles. The summed E-state index contributed by atoms with van der Waals surface area (Å²) in [6, 6.07) is 6.58. The van der Waals surface area contributed by atoms with Gasteiger partial charge in [0.25, 0.3) is 0 Å². The fourth-order valence-electron chi connectivity index (χ4n) is 2.60. The molecule has 0 radical (unpaired) electrons. The second kappa shape index (κ2) is 6.14. The van der Waals surface area contributed by atoms with E-state index in [1.807, 2.05) is 12.1 Å². The van der Waals surface area contributed by atoms with Crippen LogP contribution in [0, 0.1) is 0 Å². The molecule has 0 amide bonds. The van der Waals surface area contributed by atoms with Crippen LogP contribution in [0.15, 0.2) is 18.2 Å². The van der Waals surface area contributed by atoms with E-state index in [2.05, 4.69) is 30.0 Å². The van der Waals surface area contributed by atoms with Crippen LogP contribution in [-0.4, -0.2) is 38.1 Å². The summed E-state index contributed by atoms with van der Waals surface area (Å²) < 4.78 is 0. The number of hydrogen-bond acceptors (Lipinski definition) is 2. The van der Waals surface area contributed by atoms with E-state index in [0.717, 1.165) is 29.4 Å². The molecule has 0 aliphatic carbocycles. The van der Waals surface area contributed by atoms with Gasteiger partial charge in [-0.05, 0) is 38.6 Å². The maximum Gasteiger partial charge on any atom is 0.0642 e. The van der Waals surface area contributed by atoms with Crippen molar-refractivity contribution in [1.29, 1.82) is 0 Å². The topological polar surface area (TPSA) is 6.48 Å². The Balaban J connectivity index is 2.25. The average molecular weight is 287 g/mol. The molecule has 100 valence electrons. The second-order valence-electron chi connectivity index (χ2n) is 5.09. The Kier molecular flexibility index (Phi) is 4.77. The lowest BCUT2D eigenvalue weighted by Crippen LogP contribution is -2.45. The summed E-state index contributed by atoms with van der Waals surface area (Å²) in [7, 11) is 4.28. The first kappa shape index (κ1) is 14.0. The van der Waals surface area contributed by atoms with E-state index < -0.39 is 0 Å². The zero-order chi connectivity index (χ0) is 13.1. The maximum absolute atomic E-state index is 6.35. The van der Waals surface area contributed by atoms with Crippen LogP contribution in [0.1, 0.15) is 18.4 Å². The van der Waals surface area contributed by atoms with Crippen molar-refractivity contribution in [2.24, 2.45) is 0 Å². The highest BCUT2D eigenvalue weighted by Gasteiger charge is 2.24. The number of halogens is 2. The number of para-hydroxylation sites is 1. The van der Waals surface area contributed by atoms with Crippen molar-refractivity contribution < 1.29 is 0 Å². The Morgan fingerprint density at radius 3 is 2.83 bits per heavy atom. The molecular formula is C14H20Cl2N2. The zero-order valence-electron chi connectivity index (χ0n) is 11.0. The normalized spacial score (nSPS) is 20.5. The molecule has 4 heteroatoms. The third-order valence-electron chi connectivity index (χ3n) is 3.66. The Labute approximate surface area is 119 Å². The second-order valence-corrected chi connectivity index (χ2v) is 5.76. The lowest BCUT2D eigenvalue weighted by Gasteiger charge is -2.38.